The smallest absolute Gasteiger partial charge is 0.241 e. The highest BCUT2D eigenvalue weighted by Gasteiger charge is 2.12. The Morgan fingerprint density at radius 3 is 3.06 bits per heavy atom. The fourth-order valence-electron chi connectivity index (χ4n) is 1.92. The van der Waals surface area contributed by atoms with Gasteiger partial charge in [-0.15, -0.1) is 0 Å². The minimum Gasteiger partial charge on any atom is -0.361 e. The van der Waals surface area contributed by atoms with Gasteiger partial charge < -0.3 is 16.0 Å². The first kappa shape index (κ1) is 12.6. The zero-order valence-electron chi connectivity index (χ0n) is 10.6. The Morgan fingerprint density at radius 2 is 2.28 bits per heavy atom. The molecule has 0 fully saturated rings. The quantitative estimate of drug-likeness (QED) is 0.757. The van der Waals surface area contributed by atoms with Crippen LogP contribution in [0.4, 0.5) is 5.69 Å². The molecule has 4 nitrogen and oxygen atoms in total. The Bertz CT molecular complexity index is 533. The maximum atomic E-state index is 11.8. The van der Waals surface area contributed by atoms with Gasteiger partial charge in [0.05, 0.1) is 6.04 Å². The molecular weight excluding hydrogens is 226 g/mol. The fraction of sp³-hybridized carbons (Fsp3) is 0.357. The number of aromatic amines is 1. The molecule has 4 N–H and O–H groups in total. The zero-order chi connectivity index (χ0) is 13.0. The van der Waals surface area contributed by atoms with Gasteiger partial charge in [-0.25, -0.2) is 0 Å². The number of amides is 1. The van der Waals surface area contributed by atoms with Crippen LogP contribution in [0, 0.1) is 0 Å². The van der Waals surface area contributed by atoms with Crippen molar-refractivity contribution in [2.24, 2.45) is 5.73 Å². The van der Waals surface area contributed by atoms with Crippen molar-refractivity contribution in [1.29, 1.82) is 0 Å². The molecule has 0 saturated carbocycles. The van der Waals surface area contributed by atoms with Crippen molar-refractivity contribution in [1.82, 2.24) is 4.98 Å². The van der Waals surface area contributed by atoms with Crippen molar-refractivity contribution >= 4 is 22.5 Å². The Balaban J connectivity index is 2.01. The third-order valence-corrected chi connectivity index (χ3v) is 3.03. The number of carbonyl (C=O) groups excluding carboxylic acids is 1. The number of hydrogen-bond acceptors (Lipinski definition) is 2. The highest BCUT2D eigenvalue weighted by atomic mass is 16.2. The predicted molar refractivity (Wildman–Crippen MR) is 74.4 cm³/mol. The summed E-state index contributed by atoms with van der Waals surface area (Å²) in [5, 5.41) is 3.93. The van der Waals surface area contributed by atoms with Crippen molar-refractivity contribution in [3.8, 4) is 0 Å². The number of unbranched alkanes of at least 4 members (excludes halogenated alkanes) is 1. The molecule has 1 amide bonds. The number of H-pyrrole nitrogens is 1. The lowest BCUT2D eigenvalue weighted by Gasteiger charge is -2.11. The molecule has 0 aliphatic heterocycles. The largest absolute Gasteiger partial charge is 0.361 e. The standard InChI is InChI=1S/C14H19N3O/c1-2-3-4-12(15)14(18)17-11-5-6-13-10(9-11)7-8-16-13/h5-9,12,16H,2-4,15H2,1H3,(H,17,18)/t12-/m0/s1. The van der Waals surface area contributed by atoms with Crippen LogP contribution < -0.4 is 11.1 Å². The highest BCUT2D eigenvalue weighted by molar-refractivity contribution is 5.96. The number of anilines is 1. The lowest BCUT2D eigenvalue weighted by atomic mass is 10.1. The van der Waals surface area contributed by atoms with Crippen LogP contribution in [0.5, 0.6) is 0 Å². The first-order chi connectivity index (χ1) is 8.70. The molecule has 0 saturated heterocycles. The second-order valence-corrected chi connectivity index (χ2v) is 4.52. The molecule has 2 rings (SSSR count). The molecule has 2 aromatic rings. The average Bonchev–Trinajstić information content (AvgIpc) is 2.83. The van der Waals surface area contributed by atoms with E-state index in [9.17, 15) is 4.79 Å². The minimum atomic E-state index is -0.424. The average molecular weight is 245 g/mol. The number of hydrogen-bond donors (Lipinski definition) is 3. The summed E-state index contributed by atoms with van der Waals surface area (Å²) >= 11 is 0. The molecule has 0 aliphatic rings. The molecule has 0 aliphatic carbocycles. The summed E-state index contributed by atoms with van der Waals surface area (Å²) in [6.07, 6.45) is 4.64. The Labute approximate surface area is 107 Å². The van der Waals surface area contributed by atoms with Gasteiger partial charge >= 0.3 is 0 Å². The molecule has 0 radical (unpaired) electrons. The van der Waals surface area contributed by atoms with E-state index >= 15 is 0 Å². The van der Waals surface area contributed by atoms with Crippen molar-refractivity contribution in [3.05, 3.63) is 30.5 Å². The van der Waals surface area contributed by atoms with Crippen molar-refractivity contribution in [3.63, 3.8) is 0 Å². The van der Waals surface area contributed by atoms with Crippen LogP contribution in [0.15, 0.2) is 30.5 Å². The summed E-state index contributed by atoms with van der Waals surface area (Å²) in [5.74, 6) is -0.113. The predicted octanol–water partition coefficient (Wildman–Crippen LogP) is 2.62. The normalized spacial score (nSPS) is 12.6. The van der Waals surface area contributed by atoms with E-state index in [4.69, 9.17) is 5.73 Å². The monoisotopic (exact) mass is 245 g/mol. The van der Waals surface area contributed by atoms with Crippen LogP contribution >= 0.6 is 0 Å². The van der Waals surface area contributed by atoms with Gasteiger partial charge in [0.2, 0.25) is 5.91 Å². The van der Waals surface area contributed by atoms with Crippen LogP contribution in [0.2, 0.25) is 0 Å². The zero-order valence-corrected chi connectivity index (χ0v) is 10.6. The van der Waals surface area contributed by atoms with Crippen LogP contribution in [-0.2, 0) is 4.79 Å². The number of nitrogens with two attached hydrogens (primary N) is 1. The Hall–Kier alpha value is -1.81. The van der Waals surface area contributed by atoms with Crippen molar-refractivity contribution < 1.29 is 4.79 Å². The summed E-state index contributed by atoms with van der Waals surface area (Å²) in [4.78, 5) is 15.0. The van der Waals surface area contributed by atoms with Crippen molar-refractivity contribution in [2.45, 2.75) is 32.2 Å². The Morgan fingerprint density at radius 1 is 1.44 bits per heavy atom. The number of rotatable bonds is 5. The van der Waals surface area contributed by atoms with Crippen LogP contribution in [0.1, 0.15) is 26.2 Å². The summed E-state index contributed by atoms with van der Waals surface area (Å²) in [6, 6.07) is 7.32. The summed E-state index contributed by atoms with van der Waals surface area (Å²) < 4.78 is 0. The molecule has 4 heteroatoms. The van der Waals surface area contributed by atoms with E-state index < -0.39 is 6.04 Å². The van der Waals surface area contributed by atoms with E-state index in [1.807, 2.05) is 30.5 Å². The van der Waals surface area contributed by atoms with E-state index in [0.29, 0.717) is 0 Å². The topological polar surface area (TPSA) is 70.9 Å². The van der Waals surface area contributed by atoms with E-state index in [2.05, 4.69) is 17.2 Å². The van der Waals surface area contributed by atoms with Gasteiger partial charge in [0.15, 0.2) is 0 Å². The molecule has 1 heterocycles. The van der Waals surface area contributed by atoms with E-state index in [1.165, 1.54) is 0 Å². The second kappa shape index (κ2) is 5.69. The van der Waals surface area contributed by atoms with Crippen LogP contribution in [-0.4, -0.2) is 16.9 Å². The summed E-state index contributed by atoms with van der Waals surface area (Å²) in [5.41, 5.74) is 7.67. The maximum Gasteiger partial charge on any atom is 0.241 e. The van der Waals surface area contributed by atoms with Gasteiger partial charge in [-0.2, -0.15) is 0 Å². The fourth-order valence-corrected chi connectivity index (χ4v) is 1.92. The lowest BCUT2D eigenvalue weighted by Crippen LogP contribution is -2.35. The van der Waals surface area contributed by atoms with E-state index in [0.717, 1.165) is 35.9 Å². The number of fused-ring (bicyclic) bond motifs is 1. The maximum absolute atomic E-state index is 11.8. The third-order valence-electron chi connectivity index (χ3n) is 3.03. The molecular formula is C14H19N3O. The first-order valence-electron chi connectivity index (χ1n) is 6.34. The molecule has 0 bridgehead atoms. The number of nitrogens with one attached hydrogen (secondary N) is 2. The molecule has 18 heavy (non-hydrogen) atoms. The van der Waals surface area contributed by atoms with Crippen LogP contribution in [0.3, 0.4) is 0 Å². The highest BCUT2D eigenvalue weighted by Crippen LogP contribution is 2.18. The number of benzene rings is 1. The van der Waals surface area contributed by atoms with Gasteiger partial charge in [0.25, 0.3) is 0 Å². The minimum absolute atomic E-state index is 0.113. The van der Waals surface area contributed by atoms with Gasteiger partial charge in [-0.1, -0.05) is 19.8 Å². The van der Waals surface area contributed by atoms with Gasteiger partial charge in [-0.3, -0.25) is 4.79 Å². The summed E-state index contributed by atoms with van der Waals surface area (Å²) in [7, 11) is 0. The molecule has 1 atom stereocenters. The van der Waals surface area contributed by atoms with Crippen molar-refractivity contribution in [2.75, 3.05) is 5.32 Å². The number of carbonyl (C=O) groups is 1. The molecule has 1 aromatic heterocycles. The summed E-state index contributed by atoms with van der Waals surface area (Å²) in [6.45, 7) is 2.09. The second-order valence-electron chi connectivity index (χ2n) is 4.52. The molecule has 0 spiro atoms. The SMILES string of the molecule is CCCC[C@H](N)C(=O)Nc1ccc2[nH]ccc2c1. The lowest BCUT2D eigenvalue weighted by molar-refractivity contribution is -0.117. The van der Waals surface area contributed by atoms with Gasteiger partial charge in [0.1, 0.15) is 0 Å². The molecule has 1 aromatic carbocycles. The number of aromatic nitrogens is 1. The van der Waals surface area contributed by atoms with Gasteiger partial charge in [-0.05, 0) is 30.7 Å². The Kier molecular flexibility index (Phi) is 3.99. The molecule has 0 unspecified atom stereocenters. The van der Waals surface area contributed by atoms with E-state index in [1.54, 1.807) is 0 Å². The van der Waals surface area contributed by atoms with Crippen LogP contribution in [0.25, 0.3) is 10.9 Å². The molecule has 96 valence electrons. The van der Waals surface area contributed by atoms with Gasteiger partial charge in [0, 0.05) is 22.8 Å². The first-order valence-corrected chi connectivity index (χ1v) is 6.34. The van der Waals surface area contributed by atoms with E-state index in [-0.39, 0.29) is 5.91 Å². The third kappa shape index (κ3) is 2.90.